The molecule has 2 aliphatic rings. The molecule has 136 valence electrons. The van der Waals surface area contributed by atoms with Gasteiger partial charge in [0.25, 0.3) is 0 Å². The molecular weight excluding hydrogens is 339 g/mol. The van der Waals surface area contributed by atoms with E-state index in [0.29, 0.717) is 26.1 Å². The molecule has 0 radical (unpaired) electrons. The summed E-state index contributed by atoms with van der Waals surface area (Å²) in [4.78, 5) is 27.2. The molecule has 0 saturated carbocycles. The van der Waals surface area contributed by atoms with Gasteiger partial charge in [0.2, 0.25) is 5.91 Å². The van der Waals surface area contributed by atoms with Crippen LogP contribution in [-0.4, -0.2) is 56.4 Å². The summed E-state index contributed by atoms with van der Waals surface area (Å²) in [6.45, 7) is 2.19. The minimum Gasteiger partial charge on any atom is -0.337 e. The Labute approximate surface area is 149 Å². The van der Waals surface area contributed by atoms with Gasteiger partial charge in [-0.3, -0.25) is 4.79 Å². The number of aromatic nitrogens is 3. The Hall–Kier alpha value is -2.97. The summed E-state index contributed by atoms with van der Waals surface area (Å²) in [7, 11) is 0. The molecule has 0 atom stereocenters. The van der Waals surface area contributed by atoms with Gasteiger partial charge in [-0.1, -0.05) is 17.3 Å². The maximum absolute atomic E-state index is 13.6. The van der Waals surface area contributed by atoms with Crippen molar-refractivity contribution in [2.75, 3.05) is 25.0 Å². The van der Waals surface area contributed by atoms with E-state index in [0.717, 1.165) is 18.7 Å². The second-order valence-corrected chi connectivity index (χ2v) is 6.58. The molecule has 0 unspecified atom stereocenters. The van der Waals surface area contributed by atoms with Crippen LogP contribution in [-0.2, 0) is 11.3 Å². The van der Waals surface area contributed by atoms with Crippen molar-refractivity contribution >= 4 is 17.6 Å². The Morgan fingerprint density at radius 1 is 1.31 bits per heavy atom. The van der Waals surface area contributed by atoms with Gasteiger partial charge < -0.3 is 15.1 Å². The Morgan fingerprint density at radius 2 is 2.12 bits per heavy atom. The molecule has 8 nitrogen and oxygen atoms in total. The van der Waals surface area contributed by atoms with Gasteiger partial charge in [-0.2, -0.15) is 0 Å². The normalized spacial score (nSPS) is 17.5. The smallest absolute Gasteiger partial charge is 0.322 e. The lowest BCUT2D eigenvalue weighted by atomic mass is 10.1. The minimum absolute atomic E-state index is 0.0388. The lowest BCUT2D eigenvalue weighted by molar-refractivity contribution is -0.128. The Morgan fingerprint density at radius 3 is 2.85 bits per heavy atom. The van der Waals surface area contributed by atoms with E-state index in [1.54, 1.807) is 26.6 Å². The highest BCUT2D eigenvalue weighted by molar-refractivity contribution is 5.90. The van der Waals surface area contributed by atoms with Gasteiger partial charge in [0, 0.05) is 26.1 Å². The van der Waals surface area contributed by atoms with Crippen LogP contribution in [0.2, 0.25) is 0 Å². The molecule has 3 heterocycles. The van der Waals surface area contributed by atoms with Crippen molar-refractivity contribution in [3.63, 3.8) is 0 Å². The second-order valence-electron chi connectivity index (χ2n) is 6.58. The first-order chi connectivity index (χ1) is 12.6. The summed E-state index contributed by atoms with van der Waals surface area (Å²) < 4.78 is 15.3. The zero-order valence-corrected chi connectivity index (χ0v) is 14.1. The van der Waals surface area contributed by atoms with E-state index >= 15 is 0 Å². The second kappa shape index (κ2) is 6.74. The van der Waals surface area contributed by atoms with Gasteiger partial charge in [0.1, 0.15) is 11.5 Å². The van der Waals surface area contributed by atoms with E-state index in [4.69, 9.17) is 0 Å². The maximum atomic E-state index is 13.6. The van der Waals surface area contributed by atoms with E-state index in [9.17, 15) is 14.0 Å². The Balaban J connectivity index is 1.30. The zero-order valence-electron chi connectivity index (χ0n) is 14.1. The minimum atomic E-state index is -0.463. The van der Waals surface area contributed by atoms with Gasteiger partial charge in [-0.15, -0.1) is 5.10 Å². The SMILES string of the molecule is O=C1CCCN1Cc1cn(C2CN(C(=O)Nc3ccccc3F)C2)nn1. The van der Waals surface area contributed by atoms with Crippen molar-refractivity contribution < 1.29 is 14.0 Å². The third kappa shape index (κ3) is 3.24. The van der Waals surface area contributed by atoms with Crippen molar-refractivity contribution in [1.82, 2.24) is 24.8 Å². The monoisotopic (exact) mass is 358 g/mol. The average Bonchev–Trinajstić information content (AvgIpc) is 3.19. The van der Waals surface area contributed by atoms with Crippen molar-refractivity contribution in [1.29, 1.82) is 0 Å². The number of halogens is 1. The maximum Gasteiger partial charge on any atom is 0.322 e. The third-order valence-electron chi connectivity index (χ3n) is 4.72. The van der Waals surface area contributed by atoms with E-state index < -0.39 is 5.82 Å². The van der Waals surface area contributed by atoms with Gasteiger partial charge in [-0.05, 0) is 18.6 Å². The molecule has 2 fully saturated rings. The summed E-state index contributed by atoms with van der Waals surface area (Å²) in [5.74, 6) is -0.311. The van der Waals surface area contributed by atoms with Gasteiger partial charge in [0.05, 0.1) is 24.5 Å². The van der Waals surface area contributed by atoms with Crippen LogP contribution in [0.5, 0.6) is 0 Å². The molecule has 1 aromatic carbocycles. The van der Waals surface area contributed by atoms with Crippen LogP contribution in [0.1, 0.15) is 24.6 Å². The first kappa shape index (κ1) is 16.5. The first-order valence-corrected chi connectivity index (χ1v) is 8.59. The molecule has 2 aliphatic heterocycles. The van der Waals surface area contributed by atoms with E-state index in [-0.39, 0.29) is 23.7 Å². The van der Waals surface area contributed by atoms with Crippen LogP contribution in [0.3, 0.4) is 0 Å². The van der Waals surface area contributed by atoms with E-state index in [1.165, 1.54) is 12.1 Å². The van der Waals surface area contributed by atoms with E-state index in [2.05, 4.69) is 15.6 Å². The van der Waals surface area contributed by atoms with E-state index in [1.807, 2.05) is 6.20 Å². The fourth-order valence-corrected chi connectivity index (χ4v) is 3.18. The van der Waals surface area contributed by atoms with Crippen molar-refractivity contribution in [2.24, 2.45) is 0 Å². The number of benzene rings is 1. The van der Waals surface area contributed by atoms with Crippen LogP contribution < -0.4 is 5.32 Å². The number of para-hydroxylation sites is 1. The number of hydrogen-bond donors (Lipinski definition) is 1. The molecule has 0 bridgehead atoms. The predicted octanol–water partition coefficient (Wildman–Crippen LogP) is 1.63. The zero-order chi connectivity index (χ0) is 18.1. The number of carbonyl (C=O) groups is 2. The standard InChI is InChI=1S/C17H19FN6O2/c18-14-4-1-2-5-15(14)19-17(26)23-10-13(11-23)24-9-12(20-21-24)8-22-7-3-6-16(22)25/h1-2,4-5,9,13H,3,6-8,10-11H2,(H,19,26). The predicted molar refractivity (Wildman–Crippen MR) is 90.7 cm³/mol. The van der Waals surface area contributed by atoms with Crippen molar-refractivity contribution in [3.8, 4) is 0 Å². The molecule has 9 heteroatoms. The Bertz CT molecular complexity index is 832. The summed E-state index contributed by atoms with van der Waals surface area (Å²) >= 11 is 0. The lowest BCUT2D eigenvalue weighted by Crippen LogP contribution is -2.52. The number of carbonyl (C=O) groups excluding carboxylic acids is 2. The highest BCUT2D eigenvalue weighted by atomic mass is 19.1. The molecule has 26 heavy (non-hydrogen) atoms. The topological polar surface area (TPSA) is 83.4 Å². The number of anilines is 1. The highest BCUT2D eigenvalue weighted by Gasteiger charge is 2.33. The third-order valence-corrected chi connectivity index (χ3v) is 4.72. The van der Waals surface area contributed by atoms with Gasteiger partial charge in [0.15, 0.2) is 0 Å². The van der Waals surface area contributed by atoms with Crippen LogP contribution >= 0.6 is 0 Å². The number of urea groups is 1. The molecular formula is C17H19FN6O2. The fourth-order valence-electron chi connectivity index (χ4n) is 3.18. The molecule has 1 N–H and O–H groups in total. The Kier molecular flexibility index (Phi) is 4.27. The summed E-state index contributed by atoms with van der Waals surface area (Å²) in [5.41, 5.74) is 0.911. The van der Waals surface area contributed by atoms with Gasteiger partial charge in [-0.25, -0.2) is 13.9 Å². The number of nitrogens with one attached hydrogen (secondary N) is 1. The number of rotatable bonds is 4. The van der Waals surface area contributed by atoms with Crippen LogP contribution in [0.15, 0.2) is 30.5 Å². The molecule has 0 aliphatic carbocycles. The van der Waals surface area contributed by atoms with Crippen LogP contribution in [0.25, 0.3) is 0 Å². The molecule has 0 spiro atoms. The first-order valence-electron chi connectivity index (χ1n) is 8.59. The quantitative estimate of drug-likeness (QED) is 0.900. The van der Waals surface area contributed by atoms with Crippen LogP contribution in [0.4, 0.5) is 14.9 Å². The molecule has 3 amide bonds. The molecule has 4 rings (SSSR count). The summed E-state index contributed by atoms with van der Waals surface area (Å²) in [6, 6.07) is 5.76. The molecule has 2 saturated heterocycles. The number of hydrogen-bond acceptors (Lipinski definition) is 4. The highest BCUT2D eigenvalue weighted by Crippen LogP contribution is 2.23. The lowest BCUT2D eigenvalue weighted by Gasteiger charge is -2.38. The average molecular weight is 358 g/mol. The number of nitrogens with zero attached hydrogens (tertiary/aromatic N) is 5. The van der Waals surface area contributed by atoms with Crippen molar-refractivity contribution in [3.05, 3.63) is 42.0 Å². The number of amides is 3. The summed E-state index contributed by atoms with van der Waals surface area (Å²) in [5, 5.41) is 10.8. The molecule has 1 aromatic heterocycles. The van der Waals surface area contributed by atoms with Crippen LogP contribution in [0, 0.1) is 5.82 Å². The fraction of sp³-hybridized carbons (Fsp3) is 0.412. The molecule has 2 aromatic rings. The van der Waals surface area contributed by atoms with Crippen molar-refractivity contribution in [2.45, 2.75) is 25.4 Å². The van der Waals surface area contributed by atoms with Gasteiger partial charge >= 0.3 is 6.03 Å². The number of likely N-dealkylation sites (tertiary alicyclic amines) is 2. The largest absolute Gasteiger partial charge is 0.337 e. The summed E-state index contributed by atoms with van der Waals surface area (Å²) in [6.07, 6.45) is 3.31.